The number of hydrogen-bond donors (Lipinski definition) is 2. The van der Waals surface area contributed by atoms with Crippen LogP contribution in [0, 0.1) is 11.8 Å². The molecule has 1 heterocycles. The molecular formula is C15H26N4O2. The Morgan fingerprint density at radius 1 is 1.48 bits per heavy atom. The van der Waals surface area contributed by atoms with Crippen LogP contribution in [0.15, 0.2) is 12.3 Å². The van der Waals surface area contributed by atoms with E-state index in [2.05, 4.69) is 24.1 Å². The minimum atomic E-state index is -0.218. The summed E-state index contributed by atoms with van der Waals surface area (Å²) in [7, 11) is 5.34. The van der Waals surface area contributed by atoms with Crippen molar-refractivity contribution in [1.29, 1.82) is 0 Å². The number of methoxy groups -OCH3 is 1. The van der Waals surface area contributed by atoms with Crippen LogP contribution in [-0.2, 0) is 4.79 Å². The maximum Gasteiger partial charge on any atom is 0.239 e. The second-order valence-electron chi connectivity index (χ2n) is 5.66. The first kappa shape index (κ1) is 17.2. The molecule has 1 amide bonds. The van der Waals surface area contributed by atoms with Gasteiger partial charge in [-0.05, 0) is 18.4 Å². The molecule has 3 N–H and O–H groups in total. The Bertz CT molecular complexity index is 475. The third kappa shape index (κ3) is 4.60. The van der Waals surface area contributed by atoms with Gasteiger partial charge in [0.1, 0.15) is 5.69 Å². The molecule has 6 heteroatoms. The van der Waals surface area contributed by atoms with Gasteiger partial charge in [-0.25, -0.2) is 4.98 Å². The third-order valence-electron chi connectivity index (χ3n) is 3.23. The molecule has 1 rings (SSSR count). The molecule has 0 bridgehead atoms. The molecule has 6 nitrogen and oxygen atoms in total. The number of carbonyl (C=O) groups is 1. The number of anilines is 2. The highest BCUT2D eigenvalue weighted by atomic mass is 16.5. The zero-order valence-electron chi connectivity index (χ0n) is 13.5. The van der Waals surface area contributed by atoms with Crippen molar-refractivity contribution < 1.29 is 9.53 Å². The van der Waals surface area contributed by atoms with Crippen LogP contribution in [0.25, 0.3) is 0 Å². The number of carbonyl (C=O) groups excluding carboxylic acids is 1. The number of ether oxygens (including phenoxy) is 1. The van der Waals surface area contributed by atoms with Crippen molar-refractivity contribution in [2.45, 2.75) is 20.3 Å². The van der Waals surface area contributed by atoms with Crippen molar-refractivity contribution in [3.05, 3.63) is 12.3 Å². The normalized spacial score (nSPS) is 12.1. The minimum absolute atomic E-state index is 0.0967. The van der Waals surface area contributed by atoms with Crippen molar-refractivity contribution in [2.24, 2.45) is 17.6 Å². The van der Waals surface area contributed by atoms with E-state index < -0.39 is 0 Å². The fourth-order valence-electron chi connectivity index (χ4n) is 2.18. The van der Waals surface area contributed by atoms with Crippen LogP contribution >= 0.6 is 0 Å². The molecule has 0 saturated heterocycles. The van der Waals surface area contributed by atoms with E-state index in [0.717, 1.165) is 12.1 Å². The fraction of sp³-hybridized carbons (Fsp3) is 0.600. The average molecular weight is 294 g/mol. The van der Waals surface area contributed by atoms with E-state index in [1.807, 2.05) is 25.1 Å². The third-order valence-corrected chi connectivity index (χ3v) is 3.23. The molecule has 0 saturated carbocycles. The Morgan fingerprint density at radius 3 is 2.62 bits per heavy atom. The molecule has 0 aliphatic carbocycles. The predicted octanol–water partition coefficient (Wildman–Crippen LogP) is 1.72. The van der Waals surface area contributed by atoms with Gasteiger partial charge in [0, 0.05) is 26.8 Å². The Hall–Kier alpha value is -1.82. The monoisotopic (exact) mass is 294 g/mol. The minimum Gasteiger partial charge on any atom is -0.479 e. The Kier molecular flexibility index (Phi) is 6.42. The highest BCUT2D eigenvalue weighted by Gasteiger charge is 2.22. The SMILES string of the molecule is COc1nccc(N(C)C)c1NC(=O)C(CN)CC(C)C. The van der Waals surface area contributed by atoms with Crippen LogP contribution in [0.3, 0.4) is 0 Å². The number of nitrogens with one attached hydrogen (secondary N) is 1. The number of pyridine rings is 1. The molecule has 0 aromatic carbocycles. The molecule has 0 fully saturated rings. The molecule has 0 aliphatic heterocycles. The van der Waals surface area contributed by atoms with Crippen molar-refractivity contribution in [3.63, 3.8) is 0 Å². The Balaban J connectivity index is 3.02. The molecule has 1 unspecified atom stereocenters. The maximum absolute atomic E-state index is 12.4. The van der Waals surface area contributed by atoms with Crippen LogP contribution in [0.2, 0.25) is 0 Å². The Morgan fingerprint density at radius 2 is 2.14 bits per heavy atom. The number of amides is 1. The molecule has 1 atom stereocenters. The van der Waals surface area contributed by atoms with Crippen LogP contribution in [0.1, 0.15) is 20.3 Å². The standard InChI is InChI=1S/C15H26N4O2/c1-10(2)8-11(9-16)14(20)18-13-12(19(3)4)6-7-17-15(13)21-5/h6-7,10-11H,8-9,16H2,1-5H3,(H,18,20). The lowest BCUT2D eigenvalue weighted by atomic mass is 9.96. The number of rotatable bonds is 7. The van der Waals surface area contributed by atoms with Gasteiger partial charge < -0.3 is 20.7 Å². The summed E-state index contributed by atoms with van der Waals surface area (Å²) >= 11 is 0. The van der Waals surface area contributed by atoms with E-state index in [-0.39, 0.29) is 11.8 Å². The first-order chi connectivity index (χ1) is 9.90. The first-order valence-corrected chi connectivity index (χ1v) is 7.11. The molecular weight excluding hydrogens is 268 g/mol. The van der Waals surface area contributed by atoms with Gasteiger partial charge in [-0.3, -0.25) is 4.79 Å². The van der Waals surface area contributed by atoms with Gasteiger partial charge in [-0.2, -0.15) is 0 Å². The van der Waals surface area contributed by atoms with E-state index in [1.54, 1.807) is 6.20 Å². The molecule has 0 aliphatic rings. The van der Waals surface area contributed by atoms with Crippen molar-refractivity contribution in [1.82, 2.24) is 4.98 Å². The lowest BCUT2D eigenvalue weighted by molar-refractivity contribution is -0.120. The maximum atomic E-state index is 12.4. The summed E-state index contributed by atoms with van der Waals surface area (Å²) in [5.41, 5.74) is 7.15. The fourth-order valence-corrected chi connectivity index (χ4v) is 2.18. The highest BCUT2D eigenvalue weighted by molar-refractivity contribution is 5.97. The van der Waals surface area contributed by atoms with Gasteiger partial charge in [0.15, 0.2) is 0 Å². The van der Waals surface area contributed by atoms with Crippen molar-refractivity contribution >= 4 is 17.3 Å². The number of nitrogens with two attached hydrogens (primary N) is 1. The number of hydrogen-bond acceptors (Lipinski definition) is 5. The highest BCUT2D eigenvalue weighted by Crippen LogP contribution is 2.32. The van der Waals surface area contributed by atoms with Gasteiger partial charge >= 0.3 is 0 Å². The zero-order valence-corrected chi connectivity index (χ0v) is 13.5. The van der Waals surface area contributed by atoms with Crippen LogP contribution in [0.4, 0.5) is 11.4 Å². The Labute approximate surface area is 126 Å². The first-order valence-electron chi connectivity index (χ1n) is 7.11. The van der Waals surface area contributed by atoms with E-state index in [4.69, 9.17) is 10.5 Å². The lowest BCUT2D eigenvalue weighted by Crippen LogP contribution is -2.31. The molecule has 21 heavy (non-hydrogen) atoms. The summed E-state index contributed by atoms with van der Waals surface area (Å²) in [6.07, 6.45) is 2.40. The molecule has 0 spiro atoms. The molecule has 0 radical (unpaired) electrons. The zero-order chi connectivity index (χ0) is 16.0. The second kappa shape index (κ2) is 7.83. The van der Waals surface area contributed by atoms with E-state index in [9.17, 15) is 4.79 Å². The second-order valence-corrected chi connectivity index (χ2v) is 5.66. The van der Waals surface area contributed by atoms with E-state index in [0.29, 0.717) is 24.0 Å². The van der Waals surface area contributed by atoms with E-state index in [1.165, 1.54) is 7.11 Å². The van der Waals surface area contributed by atoms with Crippen LogP contribution < -0.4 is 20.7 Å². The summed E-state index contributed by atoms with van der Waals surface area (Å²) in [5, 5.41) is 2.92. The van der Waals surface area contributed by atoms with Crippen molar-refractivity contribution in [3.8, 4) is 5.88 Å². The summed E-state index contributed by atoms with van der Waals surface area (Å²) in [4.78, 5) is 18.5. The predicted molar refractivity (Wildman–Crippen MR) is 85.7 cm³/mol. The average Bonchev–Trinajstić information content (AvgIpc) is 2.44. The summed E-state index contributed by atoms with van der Waals surface area (Å²) < 4.78 is 5.25. The largest absolute Gasteiger partial charge is 0.479 e. The molecule has 1 aromatic rings. The van der Waals surface area contributed by atoms with Crippen LogP contribution in [0.5, 0.6) is 5.88 Å². The van der Waals surface area contributed by atoms with Gasteiger partial charge in [-0.1, -0.05) is 13.8 Å². The summed E-state index contributed by atoms with van der Waals surface area (Å²) in [6, 6.07) is 1.83. The van der Waals surface area contributed by atoms with Gasteiger partial charge in [0.2, 0.25) is 11.8 Å². The number of nitrogens with zero attached hydrogens (tertiary/aromatic N) is 2. The lowest BCUT2D eigenvalue weighted by Gasteiger charge is -2.22. The van der Waals surface area contributed by atoms with Gasteiger partial charge in [0.05, 0.1) is 18.7 Å². The van der Waals surface area contributed by atoms with Gasteiger partial charge in [-0.15, -0.1) is 0 Å². The topological polar surface area (TPSA) is 80.5 Å². The van der Waals surface area contributed by atoms with Crippen molar-refractivity contribution in [2.75, 3.05) is 38.0 Å². The van der Waals surface area contributed by atoms with Gasteiger partial charge in [0.25, 0.3) is 0 Å². The molecule has 1 aromatic heterocycles. The smallest absolute Gasteiger partial charge is 0.239 e. The quantitative estimate of drug-likeness (QED) is 0.800. The number of aromatic nitrogens is 1. The molecule has 118 valence electrons. The van der Waals surface area contributed by atoms with Crippen LogP contribution in [-0.4, -0.2) is 38.6 Å². The summed E-state index contributed by atoms with van der Waals surface area (Å²) in [6.45, 7) is 4.47. The van der Waals surface area contributed by atoms with E-state index >= 15 is 0 Å². The summed E-state index contributed by atoms with van der Waals surface area (Å²) in [5.74, 6) is 0.494.